The van der Waals surface area contributed by atoms with Crippen molar-refractivity contribution in [2.24, 2.45) is 9.98 Å². The summed E-state index contributed by atoms with van der Waals surface area (Å²) in [4.78, 5) is 8.14. The lowest BCUT2D eigenvalue weighted by atomic mass is 10.6. The van der Waals surface area contributed by atoms with E-state index in [9.17, 15) is 0 Å². The number of aliphatic imine (C=N–C) groups is 2. The lowest BCUT2D eigenvalue weighted by molar-refractivity contribution is 0.810. The molecule has 0 rings (SSSR count). The van der Waals surface area contributed by atoms with E-state index in [1.807, 2.05) is 26.2 Å². The van der Waals surface area contributed by atoms with Gasteiger partial charge < -0.3 is 10.6 Å². The Bertz CT molecular complexity index is 229. The summed E-state index contributed by atoms with van der Waals surface area (Å²) in [6.07, 6.45) is 10.5. The van der Waals surface area contributed by atoms with Crippen LogP contribution in [0.5, 0.6) is 0 Å². The van der Waals surface area contributed by atoms with Gasteiger partial charge in [0.15, 0.2) is 0 Å². The lowest BCUT2D eigenvalue weighted by Gasteiger charge is -1.98. The fraction of sp³-hybridized carbons (Fsp3) is 0.429. The van der Waals surface area contributed by atoms with Crippen molar-refractivity contribution in [3.63, 3.8) is 0 Å². The molecule has 0 fully saturated rings. The van der Waals surface area contributed by atoms with Crippen LogP contribution in [0.3, 0.4) is 0 Å². The van der Waals surface area contributed by atoms with Gasteiger partial charge in [-0.05, 0) is 0 Å². The first-order valence-corrected chi connectivity index (χ1v) is 6.25. The second-order valence-electron chi connectivity index (χ2n) is 2.82. The fourth-order valence-corrected chi connectivity index (χ4v) is 0.841. The van der Waals surface area contributed by atoms with E-state index in [4.69, 9.17) is 0 Å². The average molecular weight is 250 g/mol. The number of allylic oxidation sites excluding steroid dienone is 2. The van der Waals surface area contributed by atoms with Gasteiger partial charge in [-0.3, -0.25) is 9.98 Å². The summed E-state index contributed by atoms with van der Waals surface area (Å²) in [5.41, 5.74) is 0. The zero-order chi connectivity index (χ0) is 13.9. The maximum atomic E-state index is 4.07. The van der Waals surface area contributed by atoms with Crippen LogP contribution in [0.25, 0.3) is 0 Å². The van der Waals surface area contributed by atoms with Crippen LogP contribution in [-0.2, 0) is 0 Å². The van der Waals surface area contributed by atoms with Gasteiger partial charge in [0, 0.05) is 37.9 Å². The molecule has 4 heteroatoms. The predicted molar refractivity (Wildman–Crippen MR) is 83.6 cm³/mol. The van der Waals surface area contributed by atoms with Crippen LogP contribution in [0.15, 0.2) is 47.7 Å². The Balaban J connectivity index is 0. The van der Waals surface area contributed by atoms with Crippen LogP contribution in [0.2, 0.25) is 0 Å². The Hall–Kier alpha value is -1.84. The summed E-state index contributed by atoms with van der Waals surface area (Å²) in [5.74, 6) is 0. The van der Waals surface area contributed by atoms with Crippen LogP contribution in [0, 0.1) is 0 Å². The van der Waals surface area contributed by atoms with Crippen LogP contribution in [-0.4, -0.2) is 38.6 Å². The molecule has 0 spiro atoms. The lowest BCUT2D eigenvalue weighted by Crippen LogP contribution is -2.14. The third kappa shape index (κ3) is 19.7. The molecule has 0 saturated carbocycles. The molecule has 0 amide bonds. The topological polar surface area (TPSA) is 48.8 Å². The van der Waals surface area contributed by atoms with E-state index in [1.165, 1.54) is 0 Å². The van der Waals surface area contributed by atoms with Crippen molar-refractivity contribution < 1.29 is 0 Å². The summed E-state index contributed by atoms with van der Waals surface area (Å²) in [6.45, 7) is 14.2. The Morgan fingerprint density at radius 3 is 1.56 bits per heavy atom. The van der Waals surface area contributed by atoms with E-state index in [2.05, 4.69) is 33.8 Å². The molecule has 0 atom stereocenters. The van der Waals surface area contributed by atoms with Crippen LogP contribution >= 0.6 is 0 Å². The SMILES string of the molecule is C=CC=NCCN/C=C/NCCN=CC=C.CC. The predicted octanol–water partition coefficient (Wildman–Crippen LogP) is 2.18. The molecule has 18 heavy (non-hydrogen) atoms. The van der Waals surface area contributed by atoms with Crippen LogP contribution in [0.4, 0.5) is 0 Å². The molecule has 2 N–H and O–H groups in total. The molecule has 0 aromatic heterocycles. The van der Waals surface area contributed by atoms with Crippen molar-refractivity contribution in [1.82, 2.24) is 10.6 Å². The van der Waals surface area contributed by atoms with Crippen molar-refractivity contribution in [3.8, 4) is 0 Å². The zero-order valence-electron chi connectivity index (χ0n) is 11.6. The highest BCUT2D eigenvalue weighted by Gasteiger charge is 1.78. The molecule has 4 nitrogen and oxygen atoms in total. The smallest absolute Gasteiger partial charge is 0.0562 e. The molecule has 102 valence electrons. The summed E-state index contributed by atoms with van der Waals surface area (Å²) in [5, 5.41) is 6.20. The third-order valence-electron chi connectivity index (χ3n) is 1.51. The van der Waals surface area contributed by atoms with E-state index in [0.717, 1.165) is 26.2 Å². The van der Waals surface area contributed by atoms with Gasteiger partial charge in [-0.25, -0.2) is 0 Å². The molecule has 0 aliphatic rings. The molecule has 0 bridgehead atoms. The summed E-state index contributed by atoms with van der Waals surface area (Å²) in [6, 6.07) is 0. The minimum Gasteiger partial charge on any atom is -0.388 e. The number of nitrogens with one attached hydrogen (secondary N) is 2. The fourth-order valence-electron chi connectivity index (χ4n) is 0.841. The standard InChI is InChI=1S/C12H20N4.C2H6/c1-3-5-13-7-9-15-11-12-16-10-8-14-6-4-2;1-2/h3-6,11-12,15-16H,1-2,7-10H2;1-2H3/b12-11+,13-5?,14-6?;. The molecular formula is C14H26N4. The highest BCUT2D eigenvalue weighted by molar-refractivity contribution is 5.70. The molecule has 0 aliphatic heterocycles. The first-order chi connectivity index (χ1) is 8.91. The van der Waals surface area contributed by atoms with Crippen molar-refractivity contribution in [1.29, 1.82) is 0 Å². The first-order valence-electron chi connectivity index (χ1n) is 6.25. The average Bonchev–Trinajstić information content (AvgIpc) is 2.42. The second-order valence-corrected chi connectivity index (χ2v) is 2.82. The third-order valence-corrected chi connectivity index (χ3v) is 1.51. The molecule has 0 heterocycles. The Morgan fingerprint density at radius 2 is 1.22 bits per heavy atom. The van der Waals surface area contributed by atoms with Crippen molar-refractivity contribution in [2.75, 3.05) is 26.2 Å². The van der Waals surface area contributed by atoms with Gasteiger partial charge in [0.05, 0.1) is 13.1 Å². The molecule has 0 aromatic rings. The molecule has 0 aliphatic carbocycles. The van der Waals surface area contributed by atoms with Crippen LogP contribution in [0.1, 0.15) is 13.8 Å². The minimum absolute atomic E-state index is 0.750. The number of nitrogens with zero attached hydrogens (tertiary/aromatic N) is 2. The van der Waals surface area contributed by atoms with Gasteiger partial charge in [-0.2, -0.15) is 0 Å². The van der Waals surface area contributed by atoms with Crippen molar-refractivity contribution in [3.05, 3.63) is 37.7 Å². The van der Waals surface area contributed by atoms with Gasteiger partial charge >= 0.3 is 0 Å². The molecule has 0 saturated heterocycles. The number of hydrogen-bond donors (Lipinski definition) is 2. The van der Waals surface area contributed by atoms with E-state index >= 15 is 0 Å². The van der Waals surface area contributed by atoms with E-state index in [0.29, 0.717) is 0 Å². The normalized spacial score (nSPS) is 10.3. The van der Waals surface area contributed by atoms with Gasteiger partial charge in [0.1, 0.15) is 0 Å². The van der Waals surface area contributed by atoms with Crippen LogP contribution < -0.4 is 10.6 Å². The maximum Gasteiger partial charge on any atom is 0.0562 e. The quantitative estimate of drug-likeness (QED) is 0.461. The Labute approximate surface area is 111 Å². The zero-order valence-corrected chi connectivity index (χ0v) is 11.6. The van der Waals surface area contributed by atoms with Gasteiger partial charge in [0.2, 0.25) is 0 Å². The summed E-state index contributed by atoms with van der Waals surface area (Å²) < 4.78 is 0. The molecule has 0 unspecified atom stereocenters. The van der Waals surface area contributed by atoms with E-state index in [-0.39, 0.29) is 0 Å². The highest BCUT2D eigenvalue weighted by atomic mass is 14.9. The Morgan fingerprint density at radius 1 is 0.833 bits per heavy atom. The van der Waals surface area contributed by atoms with E-state index < -0.39 is 0 Å². The Kier molecular flexibility index (Phi) is 21.2. The van der Waals surface area contributed by atoms with E-state index in [1.54, 1.807) is 24.6 Å². The molecule has 0 aromatic carbocycles. The van der Waals surface area contributed by atoms with Crippen molar-refractivity contribution >= 4 is 12.4 Å². The first kappa shape index (κ1) is 18.5. The van der Waals surface area contributed by atoms with Gasteiger partial charge in [-0.15, -0.1) is 0 Å². The van der Waals surface area contributed by atoms with Gasteiger partial charge in [-0.1, -0.05) is 39.2 Å². The summed E-state index contributed by atoms with van der Waals surface area (Å²) in [7, 11) is 0. The maximum absolute atomic E-state index is 4.07. The summed E-state index contributed by atoms with van der Waals surface area (Å²) >= 11 is 0. The number of hydrogen-bond acceptors (Lipinski definition) is 4. The molecule has 0 radical (unpaired) electrons. The number of rotatable bonds is 10. The molecular weight excluding hydrogens is 224 g/mol. The minimum atomic E-state index is 0.750. The van der Waals surface area contributed by atoms with Gasteiger partial charge in [0.25, 0.3) is 0 Å². The second kappa shape index (κ2) is 20.6. The largest absolute Gasteiger partial charge is 0.388 e. The highest BCUT2D eigenvalue weighted by Crippen LogP contribution is 1.70. The monoisotopic (exact) mass is 250 g/mol. The van der Waals surface area contributed by atoms with Crippen molar-refractivity contribution in [2.45, 2.75) is 13.8 Å².